The van der Waals surface area contributed by atoms with E-state index >= 15 is 0 Å². The Labute approximate surface area is 118 Å². The summed E-state index contributed by atoms with van der Waals surface area (Å²) in [4.78, 5) is 11.4. The van der Waals surface area contributed by atoms with Crippen molar-refractivity contribution in [3.05, 3.63) is 42.0 Å². The quantitative estimate of drug-likeness (QED) is 0.488. The highest BCUT2D eigenvalue weighted by Gasteiger charge is 2.08. The Morgan fingerprint density at radius 2 is 2.25 bits per heavy atom. The molecule has 20 heavy (non-hydrogen) atoms. The van der Waals surface area contributed by atoms with Crippen molar-refractivity contribution >= 4 is 12.0 Å². The van der Waals surface area contributed by atoms with Crippen molar-refractivity contribution in [1.29, 1.82) is 5.26 Å². The first-order valence-corrected chi connectivity index (χ1v) is 5.91. The number of rotatable bonds is 6. The zero-order valence-corrected chi connectivity index (χ0v) is 11.5. The van der Waals surface area contributed by atoms with E-state index in [1.54, 1.807) is 24.3 Å². The summed E-state index contributed by atoms with van der Waals surface area (Å²) in [6, 6.07) is 7.00. The summed E-state index contributed by atoms with van der Waals surface area (Å²) in [5.41, 5.74) is 0.697. The Bertz CT molecular complexity index is 571. The van der Waals surface area contributed by atoms with Gasteiger partial charge in [-0.3, -0.25) is 4.79 Å². The predicted octanol–water partition coefficient (Wildman–Crippen LogP) is 1.91. The fourth-order valence-corrected chi connectivity index (χ4v) is 1.49. The number of likely N-dealkylation sites (N-methyl/N-ethyl adjacent to an activating group) is 1. The Kier molecular flexibility index (Phi) is 5.85. The second-order valence-electron chi connectivity index (χ2n) is 3.76. The van der Waals surface area contributed by atoms with Crippen LogP contribution >= 0.6 is 0 Å². The lowest BCUT2D eigenvalue weighted by Gasteiger charge is -2.09. The van der Waals surface area contributed by atoms with Crippen LogP contribution in [0, 0.1) is 11.3 Å². The van der Waals surface area contributed by atoms with Gasteiger partial charge in [0.05, 0.1) is 7.11 Å². The molecule has 0 spiro atoms. The first-order chi connectivity index (χ1) is 9.65. The second-order valence-corrected chi connectivity index (χ2v) is 3.76. The molecule has 0 aromatic heterocycles. The molecule has 104 valence electrons. The number of nitrogens with zero attached hydrogens (tertiary/aromatic N) is 1. The molecule has 1 rings (SSSR count). The van der Waals surface area contributed by atoms with Crippen molar-refractivity contribution in [2.45, 2.75) is 0 Å². The lowest BCUT2D eigenvalue weighted by atomic mass is 10.1. The minimum absolute atomic E-state index is 0.0225. The van der Waals surface area contributed by atoms with Gasteiger partial charge in [0.25, 0.3) is 5.91 Å². The molecule has 5 nitrogen and oxygen atoms in total. The average molecular weight is 272 g/mol. The van der Waals surface area contributed by atoms with Crippen molar-refractivity contribution in [3.63, 3.8) is 0 Å². The van der Waals surface area contributed by atoms with Gasteiger partial charge in [0.2, 0.25) is 0 Å². The van der Waals surface area contributed by atoms with Crippen molar-refractivity contribution in [2.24, 2.45) is 0 Å². The highest BCUT2D eigenvalue weighted by molar-refractivity contribution is 6.01. The zero-order valence-electron chi connectivity index (χ0n) is 11.5. The van der Waals surface area contributed by atoms with Gasteiger partial charge in [-0.25, -0.2) is 0 Å². The molecule has 0 bridgehead atoms. The third-order valence-corrected chi connectivity index (χ3v) is 2.45. The number of carbonyl (C=O) groups excluding carboxylic acids is 1. The van der Waals surface area contributed by atoms with Crippen LogP contribution in [0.15, 0.2) is 36.4 Å². The summed E-state index contributed by atoms with van der Waals surface area (Å²) in [5, 5.41) is 11.3. The van der Waals surface area contributed by atoms with Gasteiger partial charge in [-0.2, -0.15) is 5.26 Å². The Morgan fingerprint density at radius 3 is 2.80 bits per heavy atom. The SMILES string of the molecule is C=CCOc1ccc(/C=C(\C#N)C(=O)NC)cc1OC. The third kappa shape index (κ3) is 3.89. The van der Waals surface area contributed by atoms with Crippen molar-refractivity contribution in [3.8, 4) is 17.6 Å². The molecule has 0 aliphatic heterocycles. The summed E-state index contributed by atoms with van der Waals surface area (Å²) in [7, 11) is 2.99. The third-order valence-electron chi connectivity index (χ3n) is 2.45. The summed E-state index contributed by atoms with van der Waals surface area (Å²) in [6.07, 6.45) is 3.12. The number of amides is 1. The van der Waals surface area contributed by atoms with Crippen LogP contribution in [0.3, 0.4) is 0 Å². The van der Waals surface area contributed by atoms with Crippen LogP contribution in [0.1, 0.15) is 5.56 Å². The molecule has 0 saturated carbocycles. The average Bonchev–Trinajstić information content (AvgIpc) is 2.50. The fourth-order valence-electron chi connectivity index (χ4n) is 1.49. The minimum Gasteiger partial charge on any atom is -0.493 e. The first-order valence-electron chi connectivity index (χ1n) is 5.91. The van der Waals surface area contributed by atoms with Crippen LogP contribution in [0.25, 0.3) is 6.08 Å². The lowest BCUT2D eigenvalue weighted by Crippen LogP contribution is -2.19. The maximum Gasteiger partial charge on any atom is 0.261 e. The zero-order chi connectivity index (χ0) is 15.0. The van der Waals surface area contributed by atoms with Gasteiger partial charge >= 0.3 is 0 Å². The summed E-state index contributed by atoms with van der Waals surface area (Å²) < 4.78 is 10.6. The molecule has 0 saturated heterocycles. The minimum atomic E-state index is -0.432. The molecule has 1 aromatic carbocycles. The van der Waals surface area contributed by atoms with Crippen molar-refractivity contribution in [2.75, 3.05) is 20.8 Å². The first kappa shape index (κ1) is 15.3. The number of hydrogen-bond donors (Lipinski definition) is 1. The van der Waals surface area contributed by atoms with E-state index in [-0.39, 0.29) is 5.57 Å². The Balaban J connectivity index is 3.09. The maximum absolute atomic E-state index is 11.4. The van der Waals surface area contributed by atoms with E-state index in [1.807, 2.05) is 6.07 Å². The summed E-state index contributed by atoms with van der Waals surface area (Å²) in [6.45, 7) is 3.94. The normalized spacial score (nSPS) is 10.3. The van der Waals surface area contributed by atoms with E-state index in [1.165, 1.54) is 20.2 Å². The molecule has 0 atom stereocenters. The van der Waals surface area contributed by atoms with E-state index in [0.29, 0.717) is 23.7 Å². The molecule has 0 unspecified atom stereocenters. The fraction of sp³-hybridized carbons (Fsp3) is 0.200. The molecular weight excluding hydrogens is 256 g/mol. The van der Waals surface area contributed by atoms with Gasteiger partial charge in [0, 0.05) is 7.05 Å². The van der Waals surface area contributed by atoms with Gasteiger partial charge in [-0.1, -0.05) is 18.7 Å². The van der Waals surface area contributed by atoms with Crippen LogP contribution in [0.5, 0.6) is 11.5 Å². The van der Waals surface area contributed by atoms with E-state index in [0.717, 1.165) is 0 Å². The van der Waals surface area contributed by atoms with Crippen LogP contribution in [0.4, 0.5) is 0 Å². The van der Waals surface area contributed by atoms with Gasteiger partial charge in [0.1, 0.15) is 18.2 Å². The molecular formula is C15H16N2O3. The van der Waals surface area contributed by atoms with Crippen molar-refractivity contribution < 1.29 is 14.3 Å². The molecule has 1 amide bonds. The second kappa shape index (κ2) is 7.64. The Morgan fingerprint density at radius 1 is 1.50 bits per heavy atom. The number of hydrogen-bond acceptors (Lipinski definition) is 4. The van der Waals surface area contributed by atoms with E-state index in [4.69, 9.17) is 14.7 Å². The molecule has 1 N–H and O–H groups in total. The van der Waals surface area contributed by atoms with Gasteiger partial charge in [-0.05, 0) is 23.8 Å². The number of carbonyl (C=O) groups is 1. The summed E-state index contributed by atoms with van der Waals surface area (Å²) in [5.74, 6) is 0.663. The monoisotopic (exact) mass is 272 g/mol. The number of ether oxygens (including phenoxy) is 2. The van der Waals surface area contributed by atoms with E-state index < -0.39 is 5.91 Å². The standard InChI is InChI=1S/C15H16N2O3/c1-4-7-20-13-6-5-11(9-14(13)19-3)8-12(10-16)15(18)17-2/h4-6,8-9H,1,7H2,2-3H3,(H,17,18)/b12-8+. The number of nitrogens with one attached hydrogen (secondary N) is 1. The maximum atomic E-state index is 11.4. The largest absolute Gasteiger partial charge is 0.493 e. The van der Waals surface area contributed by atoms with Crippen LogP contribution in [-0.2, 0) is 4.79 Å². The molecule has 0 heterocycles. The molecule has 0 radical (unpaired) electrons. The highest BCUT2D eigenvalue weighted by Crippen LogP contribution is 2.28. The smallest absolute Gasteiger partial charge is 0.261 e. The topological polar surface area (TPSA) is 71.3 Å². The highest BCUT2D eigenvalue weighted by atomic mass is 16.5. The number of nitriles is 1. The summed E-state index contributed by atoms with van der Waals surface area (Å²) >= 11 is 0. The molecule has 1 aromatic rings. The van der Waals surface area contributed by atoms with E-state index in [2.05, 4.69) is 11.9 Å². The van der Waals surface area contributed by atoms with Crippen molar-refractivity contribution in [1.82, 2.24) is 5.32 Å². The molecule has 0 aliphatic carbocycles. The number of benzene rings is 1. The van der Waals surface area contributed by atoms with Gasteiger partial charge in [0.15, 0.2) is 11.5 Å². The number of methoxy groups -OCH3 is 1. The molecule has 5 heteroatoms. The van der Waals surface area contributed by atoms with Crippen LogP contribution in [-0.4, -0.2) is 26.7 Å². The van der Waals surface area contributed by atoms with Crippen LogP contribution < -0.4 is 14.8 Å². The van der Waals surface area contributed by atoms with E-state index in [9.17, 15) is 4.79 Å². The predicted molar refractivity (Wildman–Crippen MR) is 76.3 cm³/mol. The van der Waals surface area contributed by atoms with Crippen LogP contribution in [0.2, 0.25) is 0 Å². The van der Waals surface area contributed by atoms with Gasteiger partial charge in [-0.15, -0.1) is 0 Å². The lowest BCUT2D eigenvalue weighted by molar-refractivity contribution is -0.116. The van der Waals surface area contributed by atoms with Gasteiger partial charge < -0.3 is 14.8 Å². The molecule has 0 fully saturated rings. The molecule has 0 aliphatic rings. The Hall–Kier alpha value is -2.74.